The molecule has 1 aromatic carbocycles. The molecule has 0 spiro atoms. The zero-order valence-electron chi connectivity index (χ0n) is 9.28. The highest BCUT2D eigenvalue weighted by molar-refractivity contribution is 7.11. The van der Waals surface area contributed by atoms with E-state index in [-0.39, 0.29) is 17.9 Å². The quantitative estimate of drug-likeness (QED) is 0.869. The van der Waals surface area contributed by atoms with Crippen molar-refractivity contribution >= 4 is 23.1 Å². The molecule has 102 valence electrons. The summed E-state index contributed by atoms with van der Waals surface area (Å²) in [5.74, 6) is -0.298. The van der Waals surface area contributed by atoms with Gasteiger partial charge in [0.1, 0.15) is 10.1 Å². The summed E-state index contributed by atoms with van der Waals surface area (Å²) < 4.78 is 41.4. The molecular weight excluding hydrogens is 303 g/mol. The molecule has 2 rings (SSSR count). The first-order valence-corrected chi connectivity index (χ1v) is 6.20. The van der Waals surface area contributed by atoms with Crippen molar-refractivity contribution in [2.45, 2.75) is 12.9 Å². The number of ether oxygens (including phenoxy) is 1. The molecule has 0 aliphatic carbocycles. The summed E-state index contributed by atoms with van der Waals surface area (Å²) in [5, 5.41) is 0. The van der Waals surface area contributed by atoms with Crippen molar-refractivity contribution in [1.29, 1.82) is 0 Å². The summed E-state index contributed by atoms with van der Waals surface area (Å²) in [4.78, 5) is 11.4. The molecule has 0 unspecified atom stereocenters. The van der Waals surface area contributed by atoms with Crippen molar-refractivity contribution in [3.8, 4) is 5.75 Å². The van der Waals surface area contributed by atoms with Crippen LogP contribution in [0.3, 0.4) is 0 Å². The number of alkyl halides is 3. The van der Waals surface area contributed by atoms with Gasteiger partial charge in [-0.1, -0.05) is 23.7 Å². The van der Waals surface area contributed by atoms with E-state index in [2.05, 4.69) is 4.74 Å². The lowest BCUT2D eigenvalue weighted by molar-refractivity contribution is -0.274. The average molecular weight is 310 g/mol. The average Bonchev–Trinajstić information content (AvgIpc) is 2.58. The Hall–Kier alpha value is -1.47. The number of hydrogen-bond donors (Lipinski definition) is 0. The van der Waals surface area contributed by atoms with Gasteiger partial charge in [0.2, 0.25) is 0 Å². The predicted molar refractivity (Wildman–Crippen MR) is 65.8 cm³/mol. The molecule has 0 amide bonds. The third kappa shape index (κ3) is 4.00. The maximum Gasteiger partial charge on any atom is 0.573 e. The van der Waals surface area contributed by atoms with E-state index >= 15 is 0 Å². The van der Waals surface area contributed by atoms with Crippen molar-refractivity contribution < 1.29 is 17.9 Å². The molecule has 0 aliphatic rings. The molecule has 0 bridgehead atoms. The van der Waals surface area contributed by atoms with Crippen LogP contribution >= 0.6 is 23.1 Å². The molecule has 0 radical (unpaired) electrons. The van der Waals surface area contributed by atoms with Gasteiger partial charge in [0.15, 0.2) is 0 Å². The minimum atomic E-state index is -4.71. The zero-order valence-corrected chi connectivity index (χ0v) is 10.9. The molecule has 0 atom stereocenters. The zero-order chi connectivity index (χ0) is 14.0. The minimum Gasteiger partial charge on any atom is -0.406 e. The fourth-order valence-electron chi connectivity index (χ4n) is 1.42. The van der Waals surface area contributed by atoms with Crippen molar-refractivity contribution in [2.75, 3.05) is 0 Å². The highest BCUT2D eigenvalue weighted by atomic mass is 35.5. The fourth-order valence-corrected chi connectivity index (χ4v) is 2.48. The summed E-state index contributed by atoms with van der Waals surface area (Å²) >= 11 is 6.76. The predicted octanol–water partition coefficient (Wildman–Crippen LogP) is 3.51. The second-order valence-corrected chi connectivity index (χ2v) is 5.30. The molecule has 1 aromatic heterocycles. The van der Waals surface area contributed by atoms with Gasteiger partial charge in [-0.15, -0.1) is 13.2 Å². The summed E-state index contributed by atoms with van der Waals surface area (Å²) in [6, 6.07) is 6.60. The lowest BCUT2D eigenvalue weighted by Gasteiger charge is -2.09. The van der Waals surface area contributed by atoms with E-state index in [4.69, 9.17) is 11.6 Å². The lowest BCUT2D eigenvalue weighted by Crippen LogP contribution is -2.17. The van der Waals surface area contributed by atoms with Gasteiger partial charge in [-0.25, -0.2) is 0 Å². The summed E-state index contributed by atoms with van der Waals surface area (Å²) in [6.07, 6.45) is -4.71. The highest BCUT2D eigenvalue weighted by Crippen LogP contribution is 2.23. The second kappa shape index (κ2) is 5.26. The molecule has 8 heteroatoms. The van der Waals surface area contributed by atoms with Crippen molar-refractivity contribution in [3.05, 3.63) is 50.6 Å². The molecule has 0 saturated heterocycles. The molecule has 0 aliphatic heterocycles. The minimum absolute atomic E-state index is 0.245. The van der Waals surface area contributed by atoms with Crippen LogP contribution in [0.5, 0.6) is 5.75 Å². The van der Waals surface area contributed by atoms with Gasteiger partial charge in [0.25, 0.3) is 5.56 Å². The van der Waals surface area contributed by atoms with Crippen LogP contribution in [0.25, 0.3) is 0 Å². The van der Waals surface area contributed by atoms with Gasteiger partial charge < -0.3 is 4.74 Å². The Balaban J connectivity index is 2.11. The van der Waals surface area contributed by atoms with Crippen LogP contribution in [0.1, 0.15) is 5.56 Å². The first-order chi connectivity index (χ1) is 8.83. The van der Waals surface area contributed by atoms with Gasteiger partial charge in [-0.05, 0) is 29.2 Å². The van der Waals surface area contributed by atoms with Crippen LogP contribution in [0.4, 0.5) is 13.2 Å². The highest BCUT2D eigenvalue weighted by Gasteiger charge is 2.30. The summed E-state index contributed by atoms with van der Waals surface area (Å²) in [5.41, 5.74) is 0.431. The van der Waals surface area contributed by atoms with Crippen molar-refractivity contribution in [1.82, 2.24) is 3.96 Å². The first-order valence-electron chi connectivity index (χ1n) is 5.05. The van der Waals surface area contributed by atoms with Crippen LogP contribution < -0.4 is 10.3 Å². The fraction of sp³-hybridized carbons (Fsp3) is 0.182. The number of nitrogens with zero attached hydrogens (tertiary/aromatic N) is 1. The molecule has 3 nitrogen and oxygen atoms in total. The summed E-state index contributed by atoms with van der Waals surface area (Å²) in [7, 11) is 0. The van der Waals surface area contributed by atoms with Crippen LogP contribution in [0.15, 0.2) is 35.1 Å². The van der Waals surface area contributed by atoms with Gasteiger partial charge in [-0.2, -0.15) is 0 Å². The maximum atomic E-state index is 12.0. The van der Waals surface area contributed by atoms with E-state index in [1.54, 1.807) is 0 Å². The van der Waals surface area contributed by atoms with Crippen molar-refractivity contribution in [2.24, 2.45) is 0 Å². The smallest absolute Gasteiger partial charge is 0.406 e. The number of halogens is 4. The third-order valence-corrected chi connectivity index (χ3v) is 3.30. The molecule has 0 saturated carbocycles. The SMILES string of the molecule is O=c1cc(Cl)sn1Cc1ccc(OC(F)(F)F)cc1. The molecular formula is C11H7ClF3NO2S. The molecule has 19 heavy (non-hydrogen) atoms. The van der Waals surface area contributed by atoms with Crippen LogP contribution in [0.2, 0.25) is 4.34 Å². The summed E-state index contributed by atoms with van der Waals surface area (Å²) in [6.45, 7) is 0.252. The normalized spacial score (nSPS) is 11.6. The number of hydrogen-bond acceptors (Lipinski definition) is 3. The van der Waals surface area contributed by atoms with Crippen LogP contribution in [-0.2, 0) is 6.54 Å². The van der Waals surface area contributed by atoms with E-state index in [1.165, 1.54) is 34.3 Å². The van der Waals surface area contributed by atoms with Gasteiger partial charge in [0, 0.05) is 6.07 Å². The lowest BCUT2D eigenvalue weighted by atomic mass is 10.2. The van der Waals surface area contributed by atoms with Crippen molar-refractivity contribution in [3.63, 3.8) is 0 Å². The number of rotatable bonds is 3. The van der Waals surface area contributed by atoms with Gasteiger partial charge >= 0.3 is 6.36 Å². The second-order valence-electron chi connectivity index (χ2n) is 3.61. The third-order valence-electron chi connectivity index (χ3n) is 2.16. The van der Waals surface area contributed by atoms with E-state index in [1.807, 2.05) is 0 Å². The van der Waals surface area contributed by atoms with E-state index < -0.39 is 6.36 Å². The topological polar surface area (TPSA) is 31.2 Å². The number of benzene rings is 1. The van der Waals surface area contributed by atoms with Crippen LogP contribution in [0, 0.1) is 0 Å². The Labute approximate surface area is 115 Å². The largest absolute Gasteiger partial charge is 0.573 e. The number of aromatic nitrogens is 1. The van der Waals surface area contributed by atoms with Crippen LogP contribution in [-0.4, -0.2) is 10.3 Å². The molecule has 0 fully saturated rings. The molecule has 1 heterocycles. The first kappa shape index (κ1) is 14.0. The van der Waals surface area contributed by atoms with E-state index in [9.17, 15) is 18.0 Å². The Morgan fingerprint density at radius 3 is 2.37 bits per heavy atom. The van der Waals surface area contributed by atoms with Gasteiger partial charge in [0.05, 0.1) is 6.54 Å². The van der Waals surface area contributed by atoms with E-state index in [0.717, 1.165) is 11.5 Å². The molecule has 2 aromatic rings. The Bertz CT molecular complexity index is 618. The Morgan fingerprint density at radius 1 is 1.26 bits per heavy atom. The van der Waals surface area contributed by atoms with Gasteiger partial charge in [-0.3, -0.25) is 8.75 Å². The standard InChI is InChI=1S/C11H7ClF3NO2S/c12-9-5-10(17)16(19-9)6-7-1-3-8(4-2-7)18-11(13,14)15/h1-5H,6H2. The van der Waals surface area contributed by atoms with E-state index in [0.29, 0.717) is 9.90 Å². The molecule has 0 N–H and O–H groups in total. The monoisotopic (exact) mass is 309 g/mol. The maximum absolute atomic E-state index is 12.0. The Morgan fingerprint density at radius 2 is 1.89 bits per heavy atom. The Kier molecular flexibility index (Phi) is 3.86.